The highest BCUT2D eigenvalue weighted by atomic mass is 79.9. The van der Waals surface area contributed by atoms with Crippen molar-refractivity contribution in [2.75, 3.05) is 5.32 Å². The molecule has 1 heterocycles. The van der Waals surface area contributed by atoms with E-state index in [2.05, 4.69) is 26.2 Å². The number of anilines is 1. The van der Waals surface area contributed by atoms with Gasteiger partial charge in [-0.1, -0.05) is 34.8 Å². The zero-order valence-corrected chi connectivity index (χ0v) is 19.4. The highest BCUT2D eigenvalue weighted by Crippen LogP contribution is 2.37. The highest BCUT2D eigenvalue weighted by Gasteiger charge is 2.16. The average molecular weight is 539 g/mol. The first kappa shape index (κ1) is 21.7. The summed E-state index contributed by atoms with van der Waals surface area (Å²) in [5.74, 6) is 0.114. The highest BCUT2D eigenvalue weighted by molar-refractivity contribution is 9.10. The molecule has 0 aliphatic rings. The third-order valence-corrected chi connectivity index (χ3v) is 5.81. The van der Waals surface area contributed by atoms with E-state index in [1.807, 2.05) is 6.07 Å². The smallest absolute Gasteiger partial charge is 0.259 e. The molecule has 4 rings (SSSR count). The average Bonchev–Trinajstić information content (AvgIpc) is 2.74. The van der Waals surface area contributed by atoms with Crippen LogP contribution >= 0.6 is 50.7 Å². The number of benzene rings is 3. The Kier molecular flexibility index (Phi) is 6.25. The van der Waals surface area contributed by atoms with Crippen molar-refractivity contribution in [1.82, 2.24) is 4.98 Å². The van der Waals surface area contributed by atoms with E-state index in [0.29, 0.717) is 37.2 Å². The van der Waals surface area contributed by atoms with Gasteiger partial charge >= 0.3 is 0 Å². The number of ether oxygens (including phenoxy) is 1. The van der Waals surface area contributed by atoms with E-state index in [1.54, 1.807) is 36.5 Å². The minimum atomic E-state index is -0.543. The number of phenolic OH excluding ortho intramolecular Hbond substituents is 1. The van der Waals surface area contributed by atoms with Gasteiger partial charge in [-0.25, -0.2) is 0 Å². The lowest BCUT2D eigenvalue weighted by Crippen LogP contribution is -2.12. The Bertz CT molecular complexity index is 1330. The maximum Gasteiger partial charge on any atom is 0.259 e. The molecule has 3 aromatic carbocycles. The van der Waals surface area contributed by atoms with Gasteiger partial charge in [0.15, 0.2) is 5.75 Å². The molecule has 0 bridgehead atoms. The van der Waals surface area contributed by atoms with Gasteiger partial charge in [0, 0.05) is 22.3 Å². The van der Waals surface area contributed by atoms with Crippen molar-refractivity contribution in [3.05, 3.63) is 85.9 Å². The Morgan fingerprint density at radius 1 is 1.00 bits per heavy atom. The van der Waals surface area contributed by atoms with Crippen LogP contribution in [0.2, 0.25) is 15.1 Å². The monoisotopic (exact) mass is 536 g/mol. The summed E-state index contributed by atoms with van der Waals surface area (Å²) in [4.78, 5) is 16.9. The number of fused-ring (bicyclic) bond motifs is 1. The lowest BCUT2D eigenvalue weighted by Gasteiger charge is -2.12. The SMILES string of the molecule is O=C(Nc1ccc(Oc2ccc(Cl)c3cccnc23)c(Cl)c1)c1cc(Cl)cc(Br)c1O. The Morgan fingerprint density at radius 2 is 1.77 bits per heavy atom. The third-order valence-electron chi connectivity index (χ3n) is 4.36. The van der Waals surface area contributed by atoms with Crippen molar-refractivity contribution in [2.45, 2.75) is 0 Å². The molecule has 0 aliphatic heterocycles. The second-order valence-corrected chi connectivity index (χ2v) is 8.54. The number of phenols is 1. The molecule has 0 saturated heterocycles. The molecule has 156 valence electrons. The number of nitrogens with zero attached hydrogens (tertiary/aromatic N) is 1. The topological polar surface area (TPSA) is 71.5 Å². The second kappa shape index (κ2) is 8.93. The first-order valence-electron chi connectivity index (χ1n) is 8.83. The van der Waals surface area contributed by atoms with Gasteiger partial charge in [0.25, 0.3) is 5.91 Å². The molecule has 0 saturated carbocycles. The van der Waals surface area contributed by atoms with Crippen LogP contribution in [0.15, 0.2) is 65.3 Å². The molecule has 0 aliphatic carbocycles. The fourth-order valence-corrected chi connectivity index (χ4v) is 4.16. The molecule has 9 heteroatoms. The maximum absolute atomic E-state index is 12.6. The lowest BCUT2D eigenvalue weighted by atomic mass is 10.2. The Morgan fingerprint density at radius 3 is 2.55 bits per heavy atom. The molecule has 1 amide bonds. The Hall–Kier alpha value is -2.51. The molecule has 0 radical (unpaired) electrons. The van der Waals surface area contributed by atoms with Crippen molar-refractivity contribution >= 4 is 73.2 Å². The van der Waals surface area contributed by atoms with Gasteiger partial charge < -0.3 is 15.2 Å². The van der Waals surface area contributed by atoms with E-state index >= 15 is 0 Å². The first-order valence-corrected chi connectivity index (χ1v) is 10.8. The molecular formula is C22H12BrCl3N2O3. The number of amides is 1. The van der Waals surface area contributed by atoms with E-state index in [0.717, 1.165) is 5.39 Å². The summed E-state index contributed by atoms with van der Waals surface area (Å²) in [6.45, 7) is 0. The number of pyridine rings is 1. The van der Waals surface area contributed by atoms with Gasteiger partial charge in [-0.15, -0.1) is 0 Å². The minimum absolute atomic E-state index is 0.0227. The fraction of sp³-hybridized carbons (Fsp3) is 0. The molecule has 1 aromatic heterocycles. The molecule has 0 fully saturated rings. The van der Waals surface area contributed by atoms with E-state index in [9.17, 15) is 9.90 Å². The number of aromatic hydroxyl groups is 1. The van der Waals surface area contributed by atoms with Crippen molar-refractivity contribution in [1.29, 1.82) is 0 Å². The third kappa shape index (κ3) is 4.57. The van der Waals surface area contributed by atoms with Gasteiger partial charge in [-0.3, -0.25) is 9.78 Å². The normalized spacial score (nSPS) is 10.8. The zero-order chi connectivity index (χ0) is 22.1. The number of hydrogen-bond donors (Lipinski definition) is 2. The van der Waals surface area contributed by atoms with Gasteiger partial charge in [0.2, 0.25) is 0 Å². The summed E-state index contributed by atoms with van der Waals surface area (Å²) >= 11 is 21.7. The van der Waals surface area contributed by atoms with Gasteiger partial charge in [-0.05, 0) is 70.5 Å². The molecule has 31 heavy (non-hydrogen) atoms. The van der Waals surface area contributed by atoms with E-state index in [1.165, 1.54) is 18.2 Å². The van der Waals surface area contributed by atoms with Crippen LogP contribution in [0.4, 0.5) is 5.69 Å². The number of carbonyl (C=O) groups excluding carboxylic acids is 1. The predicted molar refractivity (Wildman–Crippen MR) is 127 cm³/mol. The molecule has 2 N–H and O–H groups in total. The number of rotatable bonds is 4. The Balaban J connectivity index is 1.58. The summed E-state index contributed by atoms with van der Waals surface area (Å²) in [5, 5.41) is 14.7. The van der Waals surface area contributed by atoms with Crippen LogP contribution in [-0.2, 0) is 0 Å². The number of nitrogens with one attached hydrogen (secondary N) is 1. The number of carbonyl (C=O) groups is 1. The zero-order valence-electron chi connectivity index (χ0n) is 15.5. The van der Waals surface area contributed by atoms with Gasteiger partial charge in [-0.2, -0.15) is 0 Å². The minimum Gasteiger partial charge on any atom is -0.506 e. The largest absolute Gasteiger partial charge is 0.506 e. The quantitative estimate of drug-likeness (QED) is 0.279. The van der Waals surface area contributed by atoms with Crippen molar-refractivity contribution in [3.8, 4) is 17.2 Å². The van der Waals surface area contributed by atoms with Crippen molar-refractivity contribution in [2.24, 2.45) is 0 Å². The summed E-state index contributed by atoms with van der Waals surface area (Å²) in [6.07, 6.45) is 1.65. The van der Waals surface area contributed by atoms with Crippen LogP contribution in [-0.4, -0.2) is 16.0 Å². The molecule has 4 aromatic rings. The van der Waals surface area contributed by atoms with Crippen molar-refractivity contribution in [3.63, 3.8) is 0 Å². The van der Waals surface area contributed by atoms with Crippen LogP contribution in [0.25, 0.3) is 10.9 Å². The maximum atomic E-state index is 12.6. The second-order valence-electron chi connectivity index (χ2n) is 6.43. The van der Waals surface area contributed by atoms with Crippen molar-refractivity contribution < 1.29 is 14.6 Å². The van der Waals surface area contributed by atoms with Crippen LogP contribution in [0.3, 0.4) is 0 Å². The summed E-state index contributed by atoms with van der Waals surface area (Å²) in [6, 6.07) is 14.7. The number of aromatic nitrogens is 1. The predicted octanol–water partition coefficient (Wildman–Crippen LogP) is 7.71. The molecule has 5 nitrogen and oxygen atoms in total. The fourth-order valence-electron chi connectivity index (χ4n) is 2.91. The molecular weight excluding hydrogens is 527 g/mol. The molecule has 0 spiro atoms. The van der Waals surface area contributed by atoms with Crippen LogP contribution in [0.1, 0.15) is 10.4 Å². The van der Waals surface area contributed by atoms with Gasteiger partial charge in [0.1, 0.15) is 17.0 Å². The van der Waals surface area contributed by atoms with E-state index < -0.39 is 5.91 Å². The summed E-state index contributed by atoms with van der Waals surface area (Å²) in [7, 11) is 0. The van der Waals surface area contributed by atoms with E-state index in [-0.39, 0.29) is 16.3 Å². The van der Waals surface area contributed by atoms with Crippen LogP contribution in [0.5, 0.6) is 17.2 Å². The summed E-state index contributed by atoms with van der Waals surface area (Å²) in [5.41, 5.74) is 1.04. The Labute approximate surface area is 200 Å². The van der Waals surface area contributed by atoms with E-state index in [4.69, 9.17) is 39.5 Å². The lowest BCUT2D eigenvalue weighted by molar-refractivity contribution is 0.102. The summed E-state index contributed by atoms with van der Waals surface area (Å²) < 4.78 is 6.26. The van der Waals surface area contributed by atoms with Crippen LogP contribution in [0, 0.1) is 0 Å². The van der Waals surface area contributed by atoms with Gasteiger partial charge in [0.05, 0.1) is 20.1 Å². The number of hydrogen-bond acceptors (Lipinski definition) is 4. The molecule has 0 unspecified atom stereocenters. The first-order chi connectivity index (χ1) is 14.8. The number of halogens is 4. The molecule has 0 atom stereocenters. The van der Waals surface area contributed by atoms with Crippen LogP contribution < -0.4 is 10.1 Å². The standard InChI is InChI=1S/C22H12BrCl3N2O3/c23-15-9-11(24)8-14(21(15)29)22(30)28-12-3-5-18(17(26)10-12)31-19-6-4-16(25)13-2-1-7-27-20(13)19/h1-10,29H,(H,28,30).